The molecule has 0 spiro atoms. The van der Waals surface area contributed by atoms with Gasteiger partial charge in [-0.3, -0.25) is 4.79 Å². The topological polar surface area (TPSA) is 88.5 Å². The zero-order valence-electron chi connectivity index (χ0n) is 14.5. The molecule has 2 aromatic carbocycles. The van der Waals surface area contributed by atoms with E-state index in [4.69, 9.17) is 9.84 Å². The van der Waals surface area contributed by atoms with Gasteiger partial charge in [-0.05, 0) is 48.4 Å². The van der Waals surface area contributed by atoms with Crippen LogP contribution in [0.5, 0.6) is 11.6 Å². The summed E-state index contributed by atoms with van der Waals surface area (Å²) in [7, 11) is 0. The van der Waals surface area contributed by atoms with Crippen LogP contribution >= 0.6 is 0 Å². The van der Waals surface area contributed by atoms with Crippen molar-refractivity contribution in [3.05, 3.63) is 89.6 Å². The first kappa shape index (κ1) is 18.1. The molecule has 0 radical (unpaired) electrons. The smallest absolute Gasteiger partial charge is 0.335 e. The first-order chi connectivity index (χ1) is 13.1. The molecule has 3 aromatic rings. The highest BCUT2D eigenvalue weighted by molar-refractivity contribution is 5.96. The monoisotopic (exact) mass is 362 g/mol. The molecule has 0 aliphatic rings. The average molecular weight is 362 g/mol. The molecule has 2 N–H and O–H groups in total. The maximum atomic E-state index is 12.5. The summed E-state index contributed by atoms with van der Waals surface area (Å²) < 4.78 is 5.70. The maximum Gasteiger partial charge on any atom is 0.335 e. The average Bonchev–Trinajstić information content (AvgIpc) is 2.69. The molecule has 27 heavy (non-hydrogen) atoms. The second-order valence-electron chi connectivity index (χ2n) is 5.78. The minimum atomic E-state index is -0.961. The molecule has 6 heteroatoms. The van der Waals surface area contributed by atoms with Gasteiger partial charge >= 0.3 is 5.97 Å². The first-order valence-electron chi connectivity index (χ1n) is 8.42. The van der Waals surface area contributed by atoms with Crippen molar-refractivity contribution in [3.8, 4) is 11.6 Å². The lowest BCUT2D eigenvalue weighted by Crippen LogP contribution is -2.26. The molecule has 3 rings (SSSR count). The third kappa shape index (κ3) is 4.92. The SMILES string of the molecule is O=C(O)c1ccc(CCNC(=O)c2cccnc2Oc2ccccc2)cc1. The van der Waals surface area contributed by atoms with Gasteiger partial charge in [-0.25, -0.2) is 9.78 Å². The van der Waals surface area contributed by atoms with Crippen LogP contribution in [0.2, 0.25) is 0 Å². The number of carboxylic acids is 1. The number of rotatable bonds is 7. The molecule has 0 aliphatic carbocycles. The molecule has 136 valence electrons. The standard InChI is InChI=1S/C21H18N2O4/c24-19(22-14-12-15-8-10-16(11-9-15)21(25)26)18-7-4-13-23-20(18)27-17-5-2-1-3-6-17/h1-11,13H,12,14H2,(H,22,24)(H,25,26). The lowest BCUT2D eigenvalue weighted by atomic mass is 10.1. The van der Waals surface area contributed by atoms with Gasteiger partial charge in [0.1, 0.15) is 11.3 Å². The summed E-state index contributed by atoms with van der Waals surface area (Å²) in [4.78, 5) is 27.5. The van der Waals surface area contributed by atoms with Crippen molar-refractivity contribution < 1.29 is 19.4 Å². The molecule has 1 aromatic heterocycles. The minimum absolute atomic E-state index is 0.237. The number of para-hydroxylation sites is 1. The Morgan fingerprint density at radius 3 is 2.41 bits per heavy atom. The van der Waals surface area contributed by atoms with Crippen LogP contribution in [0.1, 0.15) is 26.3 Å². The van der Waals surface area contributed by atoms with E-state index in [-0.39, 0.29) is 17.4 Å². The molecular weight excluding hydrogens is 344 g/mol. The number of pyridine rings is 1. The van der Waals surface area contributed by atoms with Crippen molar-refractivity contribution in [1.29, 1.82) is 0 Å². The molecule has 0 aliphatic heterocycles. The predicted molar refractivity (Wildman–Crippen MR) is 100 cm³/mol. The third-order valence-electron chi connectivity index (χ3n) is 3.87. The summed E-state index contributed by atoms with van der Waals surface area (Å²) >= 11 is 0. The number of benzene rings is 2. The molecule has 0 bridgehead atoms. The van der Waals surface area contributed by atoms with Crippen LogP contribution in [0.25, 0.3) is 0 Å². The van der Waals surface area contributed by atoms with Crippen molar-refractivity contribution in [2.24, 2.45) is 0 Å². The van der Waals surface area contributed by atoms with Crippen LogP contribution in [0.15, 0.2) is 72.9 Å². The van der Waals surface area contributed by atoms with E-state index in [1.165, 1.54) is 0 Å². The lowest BCUT2D eigenvalue weighted by molar-refractivity contribution is 0.0696. The Morgan fingerprint density at radius 1 is 0.963 bits per heavy atom. The highest BCUT2D eigenvalue weighted by atomic mass is 16.5. The Hall–Kier alpha value is -3.67. The highest BCUT2D eigenvalue weighted by Gasteiger charge is 2.14. The summed E-state index contributed by atoms with van der Waals surface area (Å²) in [6.07, 6.45) is 2.15. The van der Waals surface area contributed by atoms with Gasteiger partial charge in [0.15, 0.2) is 0 Å². The number of amides is 1. The van der Waals surface area contributed by atoms with Gasteiger partial charge in [-0.1, -0.05) is 30.3 Å². The molecule has 6 nitrogen and oxygen atoms in total. The van der Waals surface area contributed by atoms with Crippen LogP contribution in [-0.2, 0) is 6.42 Å². The van der Waals surface area contributed by atoms with Crippen LogP contribution in [0.3, 0.4) is 0 Å². The second kappa shape index (κ2) is 8.62. The molecule has 0 fully saturated rings. The number of hydrogen-bond acceptors (Lipinski definition) is 4. The number of carbonyl (C=O) groups excluding carboxylic acids is 1. The molecular formula is C21H18N2O4. The number of ether oxygens (including phenoxy) is 1. The van der Waals surface area contributed by atoms with Crippen LogP contribution in [0.4, 0.5) is 0 Å². The van der Waals surface area contributed by atoms with Gasteiger partial charge in [-0.2, -0.15) is 0 Å². The summed E-state index contributed by atoms with van der Waals surface area (Å²) in [5, 5.41) is 11.7. The van der Waals surface area contributed by atoms with E-state index in [1.54, 1.807) is 54.7 Å². The Labute approximate surface area is 156 Å². The minimum Gasteiger partial charge on any atom is -0.478 e. The predicted octanol–water partition coefficient (Wildman–Crippen LogP) is 3.54. The fraction of sp³-hybridized carbons (Fsp3) is 0.0952. The van der Waals surface area contributed by atoms with Crippen LogP contribution < -0.4 is 10.1 Å². The summed E-state index contributed by atoms with van der Waals surface area (Å²) in [6, 6.07) is 19.0. The molecule has 0 saturated heterocycles. The quantitative estimate of drug-likeness (QED) is 0.671. The molecule has 0 atom stereocenters. The fourth-order valence-corrected chi connectivity index (χ4v) is 2.47. The number of aromatic carboxylic acids is 1. The third-order valence-corrected chi connectivity index (χ3v) is 3.87. The first-order valence-corrected chi connectivity index (χ1v) is 8.42. The van der Waals surface area contributed by atoms with Crippen LogP contribution in [0, 0.1) is 0 Å². The largest absolute Gasteiger partial charge is 0.478 e. The molecule has 1 heterocycles. The van der Waals surface area contributed by atoms with Gasteiger partial charge < -0.3 is 15.2 Å². The number of nitrogens with one attached hydrogen (secondary N) is 1. The highest BCUT2D eigenvalue weighted by Crippen LogP contribution is 2.22. The van der Waals surface area contributed by atoms with Gasteiger partial charge in [0.2, 0.25) is 5.88 Å². The lowest BCUT2D eigenvalue weighted by Gasteiger charge is -2.10. The normalized spacial score (nSPS) is 10.2. The van der Waals surface area contributed by atoms with Gasteiger partial charge in [0.25, 0.3) is 5.91 Å². The van der Waals surface area contributed by atoms with E-state index in [0.717, 1.165) is 5.56 Å². The van der Waals surface area contributed by atoms with Gasteiger partial charge in [-0.15, -0.1) is 0 Å². The molecule has 0 saturated carbocycles. The number of hydrogen-bond donors (Lipinski definition) is 2. The Balaban J connectivity index is 1.60. The van der Waals surface area contributed by atoms with E-state index in [1.807, 2.05) is 18.2 Å². The van der Waals surface area contributed by atoms with E-state index >= 15 is 0 Å². The van der Waals surface area contributed by atoms with E-state index in [9.17, 15) is 9.59 Å². The van der Waals surface area contributed by atoms with Crippen LogP contribution in [-0.4, -0.2) is 28.5 Å². The molecule has 1 amide bonds. The van der Waals surface area contributed by atoms with Crippen molar-refractivity contribution in [2.75, 3.05) is 6.54 Å². The van der Waals surface area contributed by atoms with Crippen molar-refractivity contribution in [3.63, 3.8) is 0 Å². The van der Waals surface area contributed by atoms with Crippen molar-refractivity contribution in [1.82, 2.24) is 10.3 Å². The second-order valence-corrected chi connectivity index (χ2v) is 5.78. The van der Waals surface area contributed by atoms with E-state index < -0.39 is 5.97 Å². The van der Waals surface area contributed by atoms with E-state index in [0.29, 0.717) is 24.3 Å². The number of carboxylic acid groups (broad SMARTS) is 1. The number of aromatic nitrogens is 1. The Morgan fingerprint density at radius 2 is 1.70 bits per heavy atom. The summed E-state index contributed by atoms with van der Waals surface area (Å²) in [5.41, 5.74) is 1.52. The molecule has 0 unspecified atom stereocenters. The Bertz CT molecular complexity index is 924. The zero-order valence-corrected chi connectivity index (χ0v) is 14.5. The van der Waals surface area contributed by atoms with Crippen molar-refractivity contribution in [2.45, 2.75) is 6.42 Å². The van der Waals surface area contributed by atoms with E-state index in [2.05, 4.69) is 10.3 Å². The fourth-order valence-electron chi connectivity index (χ4n) is 2.47. The Kier molecular flexibility index (Phi) is 5.79. The van der Waals surface area contributed by atoms with Gasteiger partial charge in [0, 0.05) is 12.7 Å². The summed E-state index contributed by atoms with van der Waals surface area (Å²) in [6.45, 7) is 0.408. The number of carbonyl (C=O) groups is 2. The van der Waals surface area contributed by atoms with Gasteiger partial charge in [0.05, 0.1) is 5.56 Å². The zero-order chi connectivity index (χ0) is 19.1. The maximum absolute atomic E-state index is 12.5. The van der Waals surface area contributed by atoms with Crippen molar-refractivity contribution >= 4 is 11.9 Å². The number of nitrogens with zero attached hydrogens (tertiary/aromatic N) is 1. The summed E-state index contributed by atoms with van der Waals surface area (Å²) in [5.74, 6) is -0.399.